The zero-order chi connectivity index (χ0) is 50.8. The van der Waals surface area contributed by atoms with E-state index in [4.69, 9.17) is 0 Å². The molecule has 2 fully saturated rings. The van der Waals surface area contributed by atoms with Gasteiger partial charge in [0.1, 0.15) is 12.1 Å². The Hall–Kier alpha value is -7.94. The number of carbonyl (C=O) groups is 4. The van der Waals surface area contributed by atoms with Gasteiger partial charge in [-0.3, -0.25) is 28.8 Å². The summed E-state index contributed by atoms with van der Waals surface area (Å²) in [4.78, 5) is 81.8. The molecule has 14 heteroatoms. The van der Waals surface area contributed by atoms with Crippen LogP contribution in [0.25, 0.3) is 34.4 Å². The van der Waals surface area contributed by atoms with Crippen molar-refractivity contribution in [2.45, 2.75) is 65.0 Å². The van der Waals surface area contributed by atoms with Crippen molar-refractivity contribution in [3.8, 4) is 22.3 Å². The Morgan fingerprint density at radius 1 is 0.514 bits per heavy atom. The summed E-state index contributed by atoms with van der Waals surface area (Å²) < 4.78 is 3.36. The maximum Gasteiger partial charge on any atom is 0.258 e. The third-order valence-electron chi connectivity index (χ3n) is 14.7. The van der Waals surface area contributed by atoms with Gasteiger partial charge in [0.25, 0.3) is 11.1 Å². The van der Waals surface area contributed by atoms with E-state index < -0.39 is 36.0 Å². The Morgan fingerprint density at radius 3 is 1.18 bits per heavy atom. The molecule has 4 aliphatic heterocycles. The lowest BCUT2D eigenvalue weighted by atomic mass is 9.88. The van der Waals surface area contributed by atoms with Gasteiger partial charge in [0.2, 0.25) is 23.6 Å². The van der Waals surface area contributed by atoms with E-state index >= 15 is 0 Å². The second kappa shape index (κ2) is 20.8. The fourth-order valence-corrected chi connectivity index (χ4v) is 11.5. The fourth-order valence-electron chi connectivity index (χ4n) is 11.5. The van der Waals surface area contributed by atoms with Crippen LogP contribution in [0.15, 0.2) is 155 Å². The topological polar surface area (TPSA) is 183 Å². The Balaban J connectivity index is 0.000000178. The first-order valence-corrected chi connectivity index (χ1v) is 24.3. The van der Waals surface area contributed by atoms with Crippen molar-refractivity contribution in [3.63, 3.8) is 0 Å². The molecule has 4 aliphatic rings. The molecular formula is C58H58N6O8. The maximum atomic E-state index is 13.5. The summed E-state index contributed by atoms with van der Waals surface area (Å²) in [6.45, 7) is 6.75. The van der Waals surface area contributed by atoms with E-state index in [0.29, 0.717) is 47.0 Å². The molecule has 0 saturated carbocycles. The van der Waals surface area contributed by atoms with Gasteiger partial charge in [0.05, 0.1) is 12.1 Å². The molecule has 4 N–H and O–H groups in total. The van der Waals surface area contributed by atoms with Gasteiger partial charge in [-0.25, -0.2) is 0 Å². The molecule has 2 saturated heterocycles. The lowest BCUT2D eigenvalue weighted by molar-refractivity contribution is -0.138. The summed E-state index contributed by atoms with van der Waals surface area (Å²) in [5, 5.41) is 26.5. The maximum absolute atomic E-state index is 13.5. The van der Waals surface area contributed by atoms with Crippen molar-refractivity contribution < 1.29 is 29.4 Å². The number of nitrogens with one attached hydrogen (secondary N) is 2. The predicted molar refractivity (Wildman–Crippen MR) is 278 cm³/mol. The molecule has 6 heterocycles. The third-order valence-corrected chi connectivity index (χ3v) is 14.7. The number of nitrogens with zero attached hydrogens (tertiary/aromatic N) is 4. The summed E-state index contributed by atoms with van der Waals surface area (Å²) in [5.41, 5.74) is 7.75. The van der Waals surface area contributed by atoms with E-state index in [9.17, 15) is 39.0 Å². The van der Waals surface area contributed by atoms with Crippen LogP contribution in [0.5, 0.6) is 0 Å². The molecule has 0 spiro atoms. The minimum absolute atomic E-state index is 0.125. The van der Waals surface area contributed by atoms with E-state index in [1.165, 1.54) is 13.8 Å². The summed E-state index contributed by atoms with van der Waals surface area (Å²) >= 11 is 0. The fraction of sp³-hybridized carbons (Fsp3) is 0.276. The molecule has 14 nitrogen and oxygen atoms in total. The minimum atomic E-state index is -0.838. The quantitative estimate of drug-likeness (QED) is 0.110. The number of allylic oxidation sites excluding steroid dienone is 2. The Bertz CT molecular complexity index is 2970. The molecule has 4 aromatic carbocycles. The van der Waals surface area contributed by atoms with Crippen LogP contribution in [0.3, 0.4) is 0 Å². The van der Waals surface area contributed by atoms with Gasteiger partial charge < -0.3 is 39.8 Å². The average Bonchev–Trinajstić information content (AvgIpc) is 4.14. The highest BCUT2D eigenvalue weighted by molar-refractivity contribution is 5.99. The first kappa shape index (κ1) is 49.1. The van der Waals surface area contributed by atoms with Gasteiger partial charge in [0.15, 0.2) is 0 Å². The standard InChI is InChI=1S/2C29H29N3O4/c2*1-3-7-21-12-15-25-26-23(16-31(25)29(21)36)24(17-33)27(32(26)18(2)34)28(35)30-22-13-10-20(11-14-22)19-8-5-4-6-9-19/h2*3-15,23-24,26-27,33H,16-17H2,1-2H3,(H,30,35)/b7-3+;7-3-/t2*23-,24-,26+,27-/m11/s1. The van der Waals surface area contributed by atoms with Crippen molar-refractivity contribution in [3.05, 3.63) is 189 Å². The number of fused-ring (bicyclic) bond motifs is 6. The molecule has 10 rings (SSSR count). The van der Waals surface area contributed by atoms with Crippen LogP contribution >= 0.6 is 0 Å². The molecule has 72 heavy (non-hydrogen) atoms. The van der Waals surface area contributed by atoms with Crippen LogP contribution in [0.2, 0.25) is 0 Å². The van der Waals surface area contributed by atoms with Crippen LogP contribution in [0.4, 0.5) is 11.4 Å². The van der Waals surface area contributed by atoms with Crippen molar-refractivity contribution in [1.82, 2.24) is 18.9 Å². The van der Waals surface area contributed by atoms with Gasteiger partial charge in [-0.2, -0.15) is 0 Å². The molecular weight excluding hydrogens is 909 g/mol. The Labute approximate surface area is 417 Å². The van der Waals surface area contributed by atoms with Gasteiger partial charge >= 0.3 is 0 Å². The van der Waals surface area contributed by atoms with Gasteiger partial charge in [-0.15, -0.1) is 0 Å². The molecule has 0 aliphatic carbocycles. The number of aliphatic hydroxyl groups is 2. The van der Waals surface area contributed by atoms with E-state index in [-0.39, 0.29) is 59.8 Å². The highest BCUT2D eigenvalue weighted by Crippen LogP contribution is 2.51. The molecule has 0 radical (unpaired) electrons. The number of aliphatic hydroxyl groups excluding tert-OH is 2. The highest BCUT2D eigenvalue weighted by atomic mass is 16.3. The molecule has 0 bridgehead atoms. The second-order valence-corrected chi connectivity index (χ2v) is 18.8. The van der Waals surface area contributed by atoms with Gasteiger partial charge in [0, 0.05) is 97.7 Å². The molecule has 6 aromatic rings. The number of amides is 4. The van der Waals surface area contributed by atoms with Gasteiger partial charge in [-0.1, -0.05) is 109 Å². The van der Waals surface area contributed by atoms with Crippen molar-refractivity contribution in [2.24, 2.45) is 23.7 Å². The number of benzene rings is 4. The smallest absolute Gasteiger partial charge is 0.258 e. The van der Waals surface area contributed by atoms with E-state index in [1.54, 1.807) is 43.2 Å². The number of pyridine rings is 2. The largest absolute Gasteiger partial charge is 0.396 e. The van der Waals surface area contributed by atoms with E-state index in [0.717, 1.165) is 22.3 Å². The SMILES string of the molecule is C/C=C/c1ccc2n(c1=O)C[C@@H]1[C@@H](CO)[C@H](C(=O)Nc3ccc(-c4ccccc4)cc3)N(C(C)=O)[C@H]21.C/C=C\c1ccc2n(c1=O)C[C@@H]1[C@@H](CO)[C@H](C(=O)Nc3ccc(-c4ccccc4)cc3)N(C(C)=O)[C@H]21. The third kappa shape index (κ3) is 9.03. The molecule has 2 aromatic heterocycles. The van der Waals surface area contributed by atoms with E-state index in [2.05, 4.69) is 10.6 Å². The monoisotopic (exact) mass is 966 g/mol. The van der Waals surface area contributed by atoms with Crippen molar-refractivity contribution in [1.29, 1.82) is 0 Å². The van der Waals surface area contributed by atoms with Crippen LogP contribution in [-0.2, 0) is 32.3 Å². The highest BCUT2D eigenvalue weighted by Gasteiger charge is 2.58. The predicted octanol–water partition coefficient (Wildman–Crippen LogP) is 7.39. The zero-order valence-corrected chi connectivity index (χ0v) is 40.6. The number of hydrogen-bond donors (Lipinski definition) is 4. The summed E-state index contributed by atoms with van der Waals surface area (Å²) in [7, 11) is 0. The normalized spacial score (nSPS) is 22.5. The number of carbonyl (C=O) groups excluding carboxylic acids is 4. The number of likely N-dealkylation sites (tertiary alicyclic amines) is 2. The Morgan fingerprint density at radius 2 is 0.861 bits per heavy atom. The number of rotatable bonds is 10. The van der Waals surface area contributed by atoms with Crippen LogP contribution in [0, 0.1) is 23.7 Å². The summed E-state index contributed by atoms with van der Waals surface area (Å²) in [5.74, 6) is -2.67. The zero-order valence-electron chi connectivity index (χ0n) is 40.6. The summed E-state index contributed by atoms with van der Waals surface area (Å²) in [6.07, 6.45) is 7.14. The van der Waals surface area contributed by atoms with Crippen molar-refractivity contribution in [2.75, 3.05) is 23.8 Å². The van der Waals surface area contributed by atoms with Crippen LogP contribution in [0.1, 0.15) is 62.3 Å². The van der Waals surface area contributed by atoms with Gasteiger partial charge in [-0.05, 0) is 84.6 Å². The van der Waals surface area contributed by atoms with E-state index in [1.807, 2.05) is 147 Å². The molecule has 0 unspecified atom stereocenters. The lowest BCUT2D eigenvalue weighted by Crippen LogP contribution is -2.47. The number of hydrogen-bond acceptors (Lipinski definition) is 8. The minimum Gasteiger partial charge on any atom is -0.396 e. The molecule has 4 amide bonds. The van der Waals surface area contributed by atoms with Crippen molar-refractivity contribution >= 4 is 47.2 Å². The first-order chi connectivity index (χ1) is 34.9. The van der Waals surface area contributed by atoms with Crippen LogP contribution in [-0.4, -0.2) is 78.1 Å². The number of aromatic nitrogens is 2. The average molecular weight is 967 g/mol. The molecule has 368 valence electrons. The lowest BCUT2D eigenvalue weighted by Gasteiger charge is -2.30. The van der Waals surface area contributed by atoms with Crippen LogP contribution < -0.4 is 21.8 Å². The molecule has 8 atom stereocenters. The number of anilines is 2. The summed E-state index contributed by atoms with van der Waals surface area (Å²) in [6, 6.07) is 39.6. The Kier molecular flexibility index (Phi) is 14.2. The first-order valence-electron chi connectivity index (χ1n) is 24.3. The second-order valence-electron chi connectivity index (χ2n) is 18.8.